The van der Waals surface area contributed by atoms with Crippen LogP contribution in [0.15, 0.2) is 12.1 Å². The summed E-state index contributed by atoms with van der Waals surface area (Å²) in [6.45, 7) is 4.09. The second-order valence-corrected chi connectivity index (χ2v) is 5.61. The number of nitrogens with one attached hydrogen (secondary N) is 1. The molecule has 0 aromatic heterocycles. The largest absolute Gasteiger partial charge is 0.478 e. The van der Waals surface area contributed by atoms with E-state index in [2.05, 4.69) is 12.2 Å². The molecule has 1 fully saturated rings. The minimum atomic E-state index is -1.47. The third-order valence-electron chi connectivity index (χ3n) is 4.32. The van der Waals surface area contributed by atoms with E-state index >= 15 is 0 Å². The molecule has 1 aromatic carbocycles. The van der Waals surface area contributed by atoms with Gasteiger partial charge in [-0.05, 0) is 36.8 Å². The minimum Gasteiger partial charge on any atom is -0.478 e. The number of hydrogen-bond acceptors (Lipinski definition) is 2. The van der Waals surface area contributed by atoms with Gasteiger partial charge in [-0.25, -0.2) is 13.6 Å². The molecule has 0 radical (unpaired) electrons. The second kappa shape index (κ2) is 5.79. The van der Waals surface area contributed by atoms with Crippen LogP contribution in [0.1, 0.15) is 47.4 Å². The number of amides is 1. The van der Waals surface area contributed by atoms with Crippen molar-refractivity contribution in [1.29, 1.82) is 0 Å². The maximum atomic E-state index is 13.3. The Bertz CT molecular complexity index is 589. The van der Waals surface area contributed by atoms with Crippen molar-refractivity contribution in [2.24, 2.45) is 11.8 Å². The molecule has 21 heavy (non-hydrogen) atoms. The van der Waals surface area contributed by atoms with Gasteiger partial charge in [-0.2, -0.15) is 0 Å². The van der Waals surface area contributed by atoms with Crippen LogP contribution in [0.4, 0.5) is 8.78 Å². The number of carboxylic acid groups (broad SMARTS) is 1. The molecule has 3 unspecified atom stereocenters. The lowest BCUT2D eigenvalue weighted by molar-refractivity contribution is 0.0689. The Kier molecular flexibility index (Phi) is 4.25. The van der Waals surface area contributed by atoms with E-state index in [1.807, 2.05) is 6.92 Å². The molecule has 0 heterocycles. The Morgan fingerprint density at radius 1 is 1.14 bits per heavy atom. The third kappa shape index (κ3) is 3.04. The molecule has 1 aromatic rings. The van der Waals surface area contributed by atoms with Crippen molar-refractivity contribution in [2.75, 3.05) is 0 Å². The molecule has 114 valence electrons. The van der Waals surface area contributed by atoms with Gasteiger partial charge in [0.15, 0.2) is 11.6 Å². The van der Waals surface area contributed by atoms with Crippen LogP contribution in [0.25, 0.3) is 0 Å². The van der Waals surface area contributed by atoms with Crippen molar-refractivity contribution in [3.8, 4) is 0 Å². The molecular formula is C15H17F2NO3. The maximum Gasteiger partial charge on any atom is 0.336 e. The molecular weight excluding hydrogens is 280 g/mol. The van der Waals surface area contributed by atoms with E-state index in [9.17, 15) is 18.4 Å². The quantitative estimate of drug-likeness (QED) is 0.901. The predicted molar refractivity (Wildman–Crippen MR) is 72.1 cm³/mol. The van der Waals surface area contributed by atoms with E-state index in [0.29, 0.717) is 18.1 Å². The number of rotatable bonds is 3. The molecule has 6 heteroatoms. The Hall–Kier alpha value is -1.98. The zero-order valence-electron chi connectivity index (χ0n) is 11.8. The van der Waals surface area contributed by atoms with Crippen molar-refractivity contribution >= 4 is 11.9 Å². The lowest BCUT2D eigenvalue weighted by Crippen LogP contribution is -2.38. The van der Waals surface area contributed by atoms with Crippen LogP contribution >= 0.6 is 0 Å². The average Bonchev–Trinajstić information content (AvgIpc) is 2.73. The van der Waals surface area contributed by atoms with Crippen molar-refractivity contribution < 1.29 is 23.5 Å². The zero-order chi connectivity index (χ0) is 15.7. The number of halogens is 2. The summed E-state index contributed by atoms with van der Waals surface area (Å²) in [5, 5.41) is 11.7. The fourth-order valence-corrected chi connectivity index (χ4v) is 2.73. The van der Waals surface area contributed by atoms with Gasteiger partial charge in [0.2, 0.25) is 0 Å². The smallest absolute Gasteiger partial charge is 0.336 e. The maximum absolute atomic E-state index is 13.3. The normalized spacial score (nSPS) is 24.9. The highest BCUT2D eigenvalue weighted by Gasteiger charge is 2.32. The standard InChI is InChI=1S/C15H17F2NO3/c1-7-3-4-13(8(7)2)18-14(19)9-5-11(16)12(17)6-10(9)15(20)21/h5-8,13H,3-4H2,1-2H3,(H,18,19)(H,20,21). The predicted octanol–water partition coefficient (Wildman–Crippen LogP) is 2.83. The molecule has 0 spiro atoms. The van der Waals surface area contributed by atoms with Gasteiger partial charge in [0.25, 0.3) is 5.91 Å². The highest BCUT2D eigenvalue weighted by molar-refractivity contribution is 6.04. The Labute approximate surface area is 121 Å². The van der Waals surface area contributed by atoms with E-state index in [0.717, 1.165) is 12.8 Å². The SMILES string of the molecule is CC1CCC(NC(=O)c2cc(F)c(F)cc2C(=O)O)C1C. The van der Waals surface area contributed by atoms with E-state index < -0.39 is 29.1 Å². The highest BCUT2D eigenvalue weighted by Crippen LogP contribution is 2.31. The average molecular weight is 297 g/mol. The van der Waals surface area contributed by atoms with Gasteiger partial charge in [0.1, 0.15) is 0 Å². The van der Waals surface area contributed by atoms with E-state index in [1.165, 1.54) is 0 Å². The van der Waals surface area contributed by atoms with Crippen LogP contribution in [0.2, 0.25) is 0 Å². The van der Waals surface area contributed by atoms with Gasteiger partial charge in [0, 0.05) is 6.04 Å². The fourth-order valence-electron chi connectivity index (χ4n) is 2.73. The first-order valence-electron chi connectivity index (χ1n) is 6.84. The Balaban J connectivity index is 2.27. The first kappa shape index (κ1) is 15.4. The van der Waals surface area contributed by atoms with Crippen molar-refractivity contribution in [3.05, 3.63) is 34.9 Å². The van der Waals surface area contributed by atoms with E-state index in [4.69, 9.17) is 5.11 Å². The summed E-state index contributed by atoms with van der Waals surface area (Å²) in [5.74, 6) is -3.96. The summed E-state index contributed by atoms with van der Waals surface area (Å²) in [7, 11) is 0. The number of carbonyl (C=O) groups excluding carboxylic acids is 1. The molecule has 1 aliphatic carbocycles. The van der Waals surface area contributed by atoms with Crippen molar-refractivity contribution in [2.45, 2.75) is 32.7 Å². The number of benzene rings is 1. The number of carbonyl (C=O) groups is 2. The molecule has 0 bridgehead atoms. The molecule has 0 saturated heterocycles. The van der Waals surface area contributed by atoms with Gasteiger partial charge in [-0.3, -0.25) is 4.79 Å². The lowest BCUT2D eigenvalue weighted by atomic mass is 9.97. The first-order valence-corrected chi connectivity index (χ1v) is 6.84. The van der Waals surface area contributed by atoms with Crippen molar-refractivity contribution in [3.63, 3.8) is 0 Å². The summed E-state index contributed by atoms with van der Waals surface area (Å²) in [5.41, 5.74) is -0.891. The summed E-state index contributed by atoms with van der Waals surface area (Å²) in [6, 6.07) is 1.09. The monoisotopic (exact) mass is 297 g/mol. The molecule has 1 amide bonds. The van der Waals surface area contributed by atoms with Gasteiger partial charge in [-0.15, -0.1) is 0 Å². The van der Waals surface area contributed by atoms with Crippen LogP contribution in [0.5, 0.6) is 0 Å². The zero-order valence-corrected chi connectivity index (χ0v) is 11.8. The van der Waals surface area contributed by atoms with Crippen LogP contribution in [-0.2, 0) is 0 Å². The number of hydrogen-bond donors (Lipinski definition) is 2. The van der Waals surface area contributed by atoms with Gasteiger partial charge in [0.05, 0.1) is 11.1 Å². The number of aromatic carboxylic acids is 1. The summed E-state index contributed by atoms with van der Waals surface area (Å²) < 4.78 is 26.4. The van der Waals surface area contributed by atoms with Gasteiger partial charge in [-0.1, -0.05) is 13.8 Å². The molecule has 3 atom stereocenters. The second-order valence-electron chi connectivity index (χ2n) is 5.61. The third-order valence-corrected chi connectivity index (χ3v) is 4.32. The molecule has 2 rings (SSSR count). The molecule has 1 aliphatic rings. The van der Waals surface area contributed by atoms with Crippen LogP contribution in [0, 0.1) is 23.5 Å². The molecule has 1 saturated carbocycles. The van der Waals surface area contributed by atoms with Crippen LogP contribution in [0.3, 0.4) is 0 Å². The highest BCUT2D eigenvalue weighted by atomic mass is 19.2. The Morgan fingerprint density at radius 3 is 2.19 bits per heavy atom. The molecule has 4 nitrogen and oxygen atoms in total. The van der Waals surface area contributed by atoms with E-state index in [1.54, 1.807) is 0 Å². The van der Waals surface area contributed by atoms with Gasteiger partial charge >= 0.3 is 5.97 Å². The Morgan fingerprint density at radius 2 is 1.71 bits per heavy atom. The lowest BCUT2D eigenvalue weighted by Gasteiger charge is -2.20. The summed E-state index contributed by atoms with van der Waals surface area (Å²) in [6.07, 6.45) is 1.76. The number of carboxylic acids is 1. The van der Waals surface area contributed by atoms with Gasteiger partial charge < -0.3 is 10.4 Å². The van der Waals surface area contributed by atoms with Crippen LogP contribution in [-0.4, -0.2) is 23.0 Å². The summed E-state index contributed by atoms with van der Waals surface area (Å²) >= 11 is 0. The molecule has 0 aliphatic heterocycles. The topological polar surface area (TPSA) is 66.4 Å². The summed E-state index contributed by atoms with van der Waals surface area (Å²) in [4.78, 5) is 23.3. The fraction of sp³-hybridized carbons (Fsp3) is 0.467. The minimum absolute atomic E-state index is 0.0812. The van der Waals surface area contributed by atoms with Crippen LogP contribution < -0.4 is 5.32 Å². The first-order chi connectivity index (χ1) is 9.81. The van der Waals surface area contributed by atoms with E-state index in [-0.39, 0.29) is 17.5 Å². The van der Waals surface area contributed by atoms with Crippen molar-refractivity contribution in [1.82, 2.24) is 5.32 Å². The molecule has 2 N–H and O–H groups in total.